The number of nitrogen functional groups attached to an aromatic ring is 1. The third kappa shape index (κ3) is 3.23. The molecule has 2 nitrogen and oxygen atoms in total. The van der Waals surface area contributed by atoms with Crippen molar-refractivity contribution in [1.29, 1.82) is 0 Å². The molecule has 0 spiro atoms. The lowest BCUT2D eigenvalue weighted by atomic mass is 9.67. The minimum absolute atomic E-state index is 0.456. The van der Waals surface area contributed by atoms with E-state index >= 15 is 0 Å². The lowest BCUT2D eigenvalue weighted by molar-refractivity contribution is 0.416. The van der Waals surface area contributed by atoms with Crippen LogP contribution in [-0.4, -0.2) is 7.11 Å². The van der Waals surface area contributed by atoms with E-state index < -0.39 is 5.41 Å². The average molecular weight is 518 g/mol. The Bertz CT molecular complexity index is 1500. The van der Waals surface area contributed by atoms with Crippen LogP contribution in [0, 0.1) is 0 Å². The van der Waals surface area contributed by atoms with Crippen LogP contribution < -0.4 is 10.5 Å². The molecular formula is C32H24BrNO. The zero-order chi connectivity index (χ0) is 24.0. The summed E-state index contributed by atoms with van der Waals surface area (Å²) in [6.07, 6.45) is 0. The maximum absolute atomic E-state index is 6.84. The summed E-state index contributed by atoms with van der Waals surface area (Å²) in [5.41, 5.74) is 16.4. The van der Waals surface area contributed by atoms with Crippen molar-refractivity contribution < 1.29 is 4.74 Å². The highest BCUT2D eigenvalue weighted by atomic mass is 79.9. The van der Waals surface area contributed by atoms with Crippen molar-refractivity contribution in [2.75, 3.05) is 12.8 Å². The van der Waals surface area contributed by atoms with Crippen LogP contribution in [0.4, 0.5) is 5.69 Å². The fraction of sp³-hybridized carbons (Fsp3) is 0.0625. The van der Waals surface area contributed by atoms with Crippen LogP contribution >= 0.6 is 15.9 Å². The second-order valence-corrected chi connectivity index (χ2v) is 9.77. The number of methoxy groups -OCH3 is 1. The van der Waals surface area contributed by atoms with Gasteiger partial charge in [-0.15, -0.1) is 0 Å². The molecular weight excluding hydrogens is 494 g/mol. The maximum atomic E-state index is 6.84. The first-order chi connectivity index (χ1) is 17.1. The highest BCUT2D eigenvalue weighted by molar-refractivity contribution is 9.10. The van der Waals surface area contributed by atoms with Crippen molar-refractivity contribution >= 4 is 21.6 Å². The number of nitrogens with two attached hydrogens (primary N) is 1. The molecule has 5 aromatic carbocycles. The molecule has 6 rings (SSSR count). The Kier molecular flexibility index (Phi) is 5.23. The third-order valence-corrected chi connectivity index (χ3v) is 7.57. The first kappa shape index (κ1) is 21.7. The number of benzene rings is 5. The van der Waals surface area contributed by atoms with Gasteiger partial charge < -0.3 is 10.5 Å². The van der Waals surface area contributed by atoms with E-state index in [-0.39, 0.29) is 0 Å². The van der Waals surface area contributed by atoms with Gasteiger partial charge in [0.2, 0.25) is 0 Å². The van der Waals surface area contributed by atoms with E-state index in [0.717, 1.165) is 27.0 Å². The summed E-state index contributed by atoms with van der Waals surface area (Å²) in [7, 11) is 1.70. The van der Waals surface area contributed by atoms with E-state index in [1.54, 1.807) is 7.11 Å². The third-order valence-electron chi connectivity index (χ3n) is 7.08. The van der Waals surface area contributed by atoms with E-state index in [2.05, 4.69) is 119 Å². The molecule has 0 saturated heterocycles. The zero-order valence-electron chi connectivity index (χ0n) is 19.3. The molecule has 1 aliphatic rings. The van der Waals surface area contributed by atoms with E-state index in [0.29, 0.717) is 0 Å². The van der Waals surface area contributed by atoms with Gasteiger partial charge in [0.05, 0.1) is 12.5 Å². The Balaban J connectivity index is 1.73. The molecule has 2 N–H and O–H groups in total. The molecule has 0 amide bonds. The van der Waals surface area contributed by atoms with Gasteiger partial charge in [0.15, 0.2) is 0 Å². The summed E-state index contributed by atoms with van der Waals surface area (Å²) >= 11 is 3.62. The van der Waals surface area contributed by atoms with Crippen molar-refractivity contribution in [1.82, 2.24) is 0 Å². The number of fused-ring (bicyclic) bond motifs is 3. The molecule has 1 aliphatic carbocycles. The average Bonchev–Trinajstić information content (AvgIpc) is 3.19. The van der Waals surface area contributed by atoms with Crippen LogP contribution in [0.2, 0.25) is 0 Å². The van der Waals surface area contributed by atoms with Crippen LogP contribution in [0.3, 0.4) is 0 Å². The van der Waals surface area contributed by atoms with Crippen molar-refractivity contribution in [3.63, 3.8) is 0 Å². The monoisotopic (exact) mass is 517 g/mol. The molecule has 0 aromatic heterocycles. The molecule has 3 heteroatoms. The predicted octanol–water partition coefficient (Wildman–Crippen LogP) is 8.07. The molecule has 170 valence electrons. The molecule has 35 heavy (non-hydrogen) atoms. The molecule has 0 radical (unpaired) electrons. The fourth-order valence-corrected chi connectivity index (χ4v) is 5.99. The molecule has 0 aliphatic heterocycles. The summed E-state index contributed by atoms with van der Waals surface area (Å²) in [6, 6.07) is 40.7. The van der Waals surface area contributed by atoms with Gasteiger partial charge in [-0.05, 0) is 63.7 Å². The van der Waals surface area contributed by atoms with E-state index in [1.807, 2.05) is 12.1 Å². The lowest BCUT2D eigenvalue weighted by Crippen LogP contribution is -2.28. The second-order valence-electron chi connectivity index (χ2n) is 8.86. The number of anilines is 1. The summed E-state index contributed by atoms with van der Waals surface area (Å²) in [5, 5.41) is 0. The molecule has 0 bridgehead atoms. The Labute approximate surface area is 214 Å². The Morgan fingerprint density at radius 2 is 1.23 bits per heavy atom. The highest BCUT2D eigenvalue weighted by Gasteiger charge is 2.46. The fourth-order valence-electron chi connectivity index (χ4n) is 5.63. The van der Waals surface area contributed by atoms with Gasteiger partial charge in [0.25, 0.3) is 0 Å². The lowest BCUT2D eigenvalue weighted by Gasteiger charge is -2.34. The van der Waals surface area contributed by atoms with Crippen molar-refractivity contribution in [2.24, 2.45) is 0 Å². The first-order valence-corrected chi connectivity index (χ1v) is 12.4. The normalized spacial score (nSPS) is 13.2. The summed E-state index contributed by atoms with van der Waals surface area (Å²) in [4.78, 5) is 0. The Morgan fingerprint density at radius 1 is 0.600 bits per heavy atom. The van der Waals surface area contributed by atoms with E-state index in [1.165, 1.54) is 33.4 Å². The number of halogens is 1. The first-order valence-electron chi connectivity index (χ1n) is 11.6. The van der Waals surface area contributed by atoms with Crippen molar-refractivity contribution in [2.45, 2.75) is 5.41 Å². The van der Waals surface area contributed by atoms with Gasteiger partial charge in [-0.1, -0.05) is 101 Å². The Hall–Kier alpha value is -3.82. The number of hydrogen-bond acceptors (Lipinski definition) is 2. The largest absolute Gasteiger partial charge is 0.496 e. The van der Waals surface area contributed by atoms with Gasteiger partial charge >= 0.3 is 0 Å². The SMILES string of the molecule is COc1ccc(Br)cc1-c1cc2c(cc1N)C(c1ccccc1)(c1ccccc1)c1ccccc1-2. The molecule has 0 unspecified atom stereocenters. The van der Waals surface area contributed by atoms with Crippen molar-refractivity contribution in [3.05, 3.63) is 142 Å². The molecule has 0 heterocycles. The number of ether oxygens (including phenoxy) is 1. The highest BCUT2D eigenvalue weighted by Crippen LogP contribution is 2.57. The van der Waals surface area contributed by atoms with Gasteiger partial charge in [-0.2, -0.15) is 0 Å². The van der Waals surface area contributed by atoms with Gasteiger partial charge in [0, 0.05) is 21.3 Å². The summed E-state index contributed by atoms with van der Waals surface area (Å²) < 4.78 is 6.68. The van der Waals surface area contributed by atoms with Gasteiger partial charge in [-0.25, -0.2) is 0 Å². The van der Waals surface area contributed by atoms with Gasteiger partial charge in [0.1, 0.15) is 5.75 Å². The number of hydrogen-bond donors (Lipinski definition) is 1. The molecule has 0 saturated carbocycles. The standard InChI is InChI=1S/C32H24BrNO/c1-35-31-17-16-23(33)18-27(31)26-19-25-24-14-8-9-15-28(24)32(29(25)20-30(26)34,21-10-4-2-5-11-21)22-12-6-3-7-13-22/h2-20H,34H2,1H3. The topological polar surface area (TPSA) is 35.2 Å². The minimum atomic E-state index is -0.456. The van der Waals surface area contributed by atoms with Crippen LogP contribution in [-0.2, 0) is 5.41 Å². The van der Waals surface area contributed by atoms with Crippen LogP contribution in [0.25, 0.3) is 22.3 Å². The van der Waals surface area contributed by atoms with Crippen LogP contribution in [0.15, 0.2) is 120 Å². The van der Waals surface area contributed by atoms with E-state index in [4.69, 9.17) is 10.5 Å². The van der Waals surface area contributed by atoms with Crippen LogP contribution in [0.5, 0.6) is 5.75 Å². The predicted molar refractivity (Wildman–Crippen MR) is 148 cm³/mol. The van der Waals surface area contributed by atoms with Crippen molar-refractivity contribution in [3.8, 4) is 28.0 Å². The Morgan fingerprint density at radius 3 is 1.89 bits per heavy atom. The zero-order valence-corrected chi connectivity index (χ0v) is 20.9. The summed E-state index contributed by atoms with van der Waals surface area (Å²) in [5.74, 6) is 0.795. The second kappa shape index (κ2) is 8.44. The maximum Gasteiger partial charge on any atom is 0.126 e. The summed E-state index contributed by atoms with van der Waals surface area (Å²) in [6.45, 7) is 0. The van der Waals surface area contributed by atoms with E-state index in [9.17, 15) is 0 Å². The molecule has 5 aromatic rings. The smallest absolute Gasteiger partial charge is 0.126 e. The molecule has 0 fully saturated rings. The quantitative estimate of drug-likeness (QED) is 0.240. The molecule has 0 atom stereocenters. The minimum Gasteiger partial charge on any atom is -0.496 e. The number of rotatable bonds is 4. The van der Waals surface area contributed by atoms with Gasteiger partial charge in [-0.3, -0.25) is 0 Å². The van der Waals surface area contributed by atoms with Crippen LogP contribution in [0.1, 0.15) is 22.3 Å².